The Labute approximate surface area is 369 Å². The molecule has 0 unspecified atom stereocenters. The van der Waals surface area contributed by atoms with Crippen molar-refractivity contribution in [3.05, 3.63) is 57.3 Å². The topological polar surface area (TPSA) is 193 Å². The molecule has 8 rings (SSSR count). The van der Waals surface area contributed by atoms with Crippen molar-refractivity contribution < 1.29 is 38.1 Å². The molecule has 4 N–H and O–H groups in total. The molecule has 4 aliphatic rings. The highest BCUT2D eigenvalue weighted by molar-refractivity contribution is 6.32. The number of likely N-dealkylation sites (tertiary alicyclic amines) is 2. The number of halogens is 2. The third kappa shape index (κ3) is 7.91. The van der Waals surface area contributed by atoms with Gasteiger partial charge in [-0.2, -0.15) is 0 Å². The van der Waals surface area contributed by atoms with Crippen LogP contribution in [0.15, 0.2) is 24.3 Å². The first-order valence-corrected chi connectivity index (χ1v) is 22.0. The average molecular weight is 892 g/mol. The van der Waals surface area contributed by atoms with Crippen LogP contribution in [0.4, 0.5) is 9.59 Å². The zero-order valence-electron chi connectivity index (χ0n) is 35.7. The number of carbonyl (C=O) groups is 4. The minimum atomic E-state index is -0.742. The Hall–Kier alpha value is -5.48. The van der Waals surface area contributed by atoms with Gasteiger partial charge in [0.15, 0.2) is 0 Å². The molecule has 0 radical (unpaired) electrons. The van der Waals surface area contributed by atoms with Crippen molar-refractivity contribution in [3.8, 4) is 45.1 Å². The van der Waals surface area contributed by atoms with Crippen molar-refractivity contribution in [1.82, 2.24) is 40.4 Å². The van der Waals surface area contributed by atoms with Crippen molar-refractivity contribution >= 4 is 47.2 Å². The molecule has 4 amide bonds. The van der Waals surface area contributed by atoms with E-state index in [0.29, 0.717) is 83.6 Å². The van der Waals surface area contributed by atoms with Crippen LogP contribution >= 0.6 is 23.2 Å². The molecule has 0 bridgehead atoms. The highest BCUT2D eigenvalue weighted by Gasteiger charge is 2.41. The summed E-state index contributed by atoms with van der Waals surface area (Å²) in [5.74, 6) is 1.89. The number of hydrogen-bond acceptors (Lipinski definition) is 10. The monoisotopic (exact) mass is 890 g/mol. The summed E-state index contributed by atoms with van der Waals surface area (Å²) in [5, 5.41) is 6.15. The molecule has 0 saturated carbocycles. The van der Waals surface area contributed by atoms with Gasteiger partial charge in [-0.05, 0) is 61.8 Å². The Morgan fingerprint density at radius 3 is 1.50 bits per heavy atom. The number of rotatable bonds is 12. The molecular weight excluding hydrogens is 839 g/mol. The van der Waals surface area contributed by atoms with Gasteiger partial charge in [-0.1, -0.05) is 63.7 Å². The van der Waals surface area contributed by atoms with Crippen molar-refractivity contribution in [3.63, 3.8) is 0 Å². The first-order valence-electron chi connectivity index (χ1n) is 21.3. The lowest BCUT2D eigenvalue weighted by Crippen LogP contribution is -2.51. The quantitative estimate of drug-likeness (QED) is 0.108. The maximum atomic E-state index is 13.9. The summed E-state index contributed by atoms with van der Waals surface area (Å²) in [7, 11) is 2.56. The highest BCUT2D eigenvalue weighted by atomic mass is 35.5. The van der Waals surface area contributed by atoms with E-state index >= 15 is 0 Å². The Kier molecular flexibility index (Phi) is 12.3. The number of aromatic amines is 2. The Morgan fingerprint density at radius 1 is 0.726 bits per heavy atom. The van der Waals surface area contributed by atoms with Crippen LogP contribution in [0, 0.1) is 11.8 Å². The molecule has 2 aromatic carbocycles. The van der Waals surface area contributed by atoms with Crippen LogP contribution < -0.4 is 20.1 Å². The summed E-state index contributed by atoms with van der Waals surface area (Å²) in [6, 6.07) is 5.70. The molecule has 4 aliphatic heterocycles. The molecule has 4 aromatic rings. The second-order valence-electron chi connectivity index (χ2n) is 16.5. The number of alkyl carbamates (subject to hydrolysis) is 2. The van der Waals surface area contributed by atoms with Crippen molar-refractivity contribution in [2.45, 2.75) is 104 Å². The summed E-state index contributed by atoms with van der Waals surface area (Å²) >= 11 is 13.7. The summed E-state index contributed by atoms with van der Waals surface area (Å²) in [5.41, 5.74) is 6.23. The largest absolute Gasteiger partial charge is 0.488 e. The Bertz CT molecular complexity index is 2190. The molecule has 0 spiro atoms. The van der Waals surface area contributed by atoms with Crippen LogP contribution in [0.3, 0.4) is 0 Å². The number of nitrogens with zero attached hydrogens (tertiary/aromatic N) is 4. The zero-order chi connectivity index (χ0) is 44.0. The molecule has 2 fully saturated rings. The number of amides is 4. The van der Waals surface area contributed by atoms with Crippen molar-refractivity contribution in [2.75, 3.05) is 27.3 Å². The summed E-state index contributed by atoms with van der Waals surface area (Å²) < 4.78 is 22.5. The van der Waals surface area contributed by atoms with Gasteiger partial charge in [0.1, 0.15) is 70.1 Å². The molecule has 18 heteroatoms. The predicted octanol–water partition coefficient (Wildman–Crippen LogP) is 8.09. The molecule has 0 aliphatic carbocycles. The van der Waals surface area contributed by atoms with Crippen LogP contribution in [-0.2, 0) is 32.3 Å². The third-order valence-electron chi connectivity index (χ3n) is 12.9. The molecule has 2 saturated heterocycles. The number of hydrogen-bond donors (Lipinski definition) is 4. The van der Waals surface area contributed by atoms with Gasteiger partial charge < -0.3 is 49.3 Å². The number of benzene rings is 2. The van der Waals surface area contributed by atoms with Gasteiger partial charge in [0, 0.05) is 46.5 Å². The van der Waals surface area contributed by atoms with Crippen LogP contribution in [-0.4, -0.2) is 93.1 Å². The van der Waals surface area contributed by atoms with Gasteiger partial charge in [0.2, 0.25) is 11.8 Å². The summed E-state index contributed by atoms with van der Waals surface area (Å²) in [6.07, 6.45) is 3.01. The van der Waals surface area contributed by atoms with Gasteiger partial charge in [-0.25, -0.2) is 19.6 Å². The van der Waals surface area contributed by atoms with E-state index in [4.69, 9.17) is 52.1 Å². The van der Waals surface area contributed by atoms with Crippen LogP contribution in [0.2, 0.25) is 10.3 Å². The Balaban J connectivity index is 1.04. The number of methoxy groups -OCH3 is 2. The fourth-order valence-corrected chi connectivity index (χ4v) is 9.61. The fourth-order valence-electron chi connectivity index (χ4n) is 9.11. The van der Waals surface area contributed by atoms with Gasteiger partial charge >= 0.3 is 12.2 Å². The third-order valence-corrected chi connectivity index (χ3v) is 13.4. The van der Waals surface area contributed by atoms with E-state index in [1.54, 1.807) is 9.80 Å². The van der Waals surface area contributed by atoms with E-state index in [1.807, 2.05) is 52.0 Å². The second kappa shape index (κ2) is 17.7. The summed E-state index contributed by atoms with van der Waals surface area (Å²) in [6.45, 7) is 9.38. The van der Waals surface area contributed by atoms with Crippen LogP contribution in [0.25, 0.3) is 33.6 Å². The Morgan fingerprint density at radius 2 is 1.13 bits per heavy atom. The summed E-state index contributed by atoms with van der Waals surface area (Å²) in [4.78, 5) is 72.1. The normalized spacial score (nSPS) is 19.4. The van der Waals surface area contributed by atoms with Crippen LogP contribution in [0.5, 0.6) is 11.5 Å². The minimum absolute atomic E-state index is 0.110. The first-order chi connectivity index (χ1) is 29.8. The smallest absolute Gasteiger partial charge is 0.407 e. The lowest BCUT2D eigenvalue weighted by molar-refractivity contribution is -0.136. The molecule has 6 heterocycles. The molecule has 330 valence electrons. The number of aromatic nitrogens is 4. The van der Waals surface area contributed by atoms with E-state index in [1.165, 1.54) is 14.2 Å². The lowest BCUT2D eigenvalue weighted by Gasteiger charge is -2.31. The van der Waals surface area contributed by atoms with E-state index in [0.717, 1.165) is 46.2 Å². The fraction of sp³-hybridized carbons (Fsp3) is 0.500. The van der Waals surface area contributed by atoms with Gasteiger partial charge in [0.25, 0.3) is 0 Å². The van der Waals surface area contributed by atoms with Gasteiger partial charge in [0.05, 0.1) is 26.3 Å². The molecule has 2 aromatic heterocycles. The minimum Gasteiger partial charge on any atom is -0.488 e. The molecule has 6 atom stereocenters. The molecule has 16 nitrogen and oxygen atoms in total. The highest BCUT2D eigenvalue weighted by Crippen LogP contribution is 2.51. The van der Waals surface area contributed by atoms with Gasteiger partial charge in [-0.3, -0.25) is 9.59 Å². The standard InChI is InChI=1S/C44H52Cl2N8O8/c1-7-21(3)33(49-43(57)59-5)41(55)53-13-9-11-27(53)39-47-35(37(45)51-39)23-15-25-19-62-30-18-24(16-26-20-61-29(17-23)31(25)32(26)30)36-38(46)52-40(48-36)28-12-10-14-54(28)42(56)34(22(4)8-2)50-44(58)60-6/h15-18,21-22,27-28,33-34H,7-14,19-20H2,1-6H3,(H,47,51)(H,48,52)(H,49,57)(H,50,58)/t21-,22-,27+,28+,33+,34+/m1/s1. The number of nitrogens with one attached hydrogen (secondary N) is 4. The van der Waals surface area contributed by atoms with E-state index in [2.05, 4.69) is 20.6 Å². The maximum absolute atomic E-state index is 13.9. The van der Waals surface area contributed by atoms with E-state index in [-0.39, 0.29) is 48.9 Å². The number of H-pyrrole nitrogens is 2. The lowest BCUT2D eigenvalue weighted by atomic mass is 9.87. The number of ether oxygens (including phenoxy) is 4. The van der Waals surface area contributed by atoms with Crippen molar-refractivity contribution in [2.24, 2.45) is 11.8 Å². The van der Waals surface area contributed by atoms with Gasteiger partial charge in [-0.15, -0.1) is 0 Å². The predicted molar refractivity (Wildman–Crippen MR) is 231 cm³/mol. The molecular formula is C44H52Cl2N8O8. The second-order valence-corrected chi connectivity index (χ2v) is 17.3. The maximum Gasteiger partial charge on any atom is 0.407 e. The first kappa shape index (κ1) is 43.2. The molecule has 62 heavy (non-hydrogen) atoms. The SMILES string of the molecule is CC[C@@H](C)[C@H](NC(=O)OC)C(=O)N1CCC[C@H]1c1nc(-c2cc3c4c(c2)OCc2cc(-c5nc([C@@H]6CCCN6C(=O)[C@@H](NC(=O)OC)[C@H](C)CC)[nH]c5Cl)cc(c2-4)OC3)c(Cl)[nH]1. The van der Waals surface area contributed by atoms with E-state index < -0.39 is 24.3 Å². The zero-order valence-corrected chi connectivity index (χ0v) is 37.2. The average Bonchev–Trinajstić information content (AvgIpc) is 4.12. The van der Waals surface area contributed by atoms with Crippen LogP contribution in [0.1, 0.15) is 101 Å². The van der Waals surface area contributed by atoms with Crippen molar-refractivity contribution in [1.29, 1.82) is 0 Å². The number of carbonyl (C=O) groups excluding carboxylic acids is 4. The van der Waals surface area contributed by atoms with E-state index in [9.17, 15) is 19.2 Å². The number of imidazole rings is 2.